The summed E-state index contributed by atoms with van der Waals surface area (Å²) in [7, 11) is 0. The number of amides is 1. The van der Waals surface area contributed by atoms with Gasteiger partial charge in [-0.15, -0.1) is 0 Å². The fourth-order valence-corrected chi connectivity index (χ4v) is 2.71. The molecule has 4 nitrogen and oxygen atoms in total. The van der Waals surface area contributed by atoms with Crippen LogP contribution in [0.15, 0.2) is 18.3 Å². The van der Waals surface area contributed by atoms with Gasteiger partial charge in [-0.3, -0.25) is 9.59 Å². The highest BCUT2D eigenvalue weighted by Gasteiger charge is 2.25. The van der Waals surface area contributed by atoms with Gasteiger partial charge in [0.25, 0.3) is 0 Å². The van der Waals surface area contributed by atoms with Crippen LogP contribution in [0.4, 0.5) is 5.82 Å². The average Bonchev–Trinajstić information content (AvgIpc) is 2.48. The van der Waals surface area contributed by atoms with Gasteiger partial charge in [0, 0.05) is 18.5 Å². The quantitative estimate of drug-likeness (QED) is 0.835. The Labute approximate surface area is 120 Å². The molecule has 0 unspecified atom stereocenters. The molecule has 20 heavy (non-hydrogen) atoms. The van der Waals surface area contributed by atoms with E-state index in [0.29, 0.717) is 17.8 Å². The zero-order valence-electron chi connectivity index (χ0n) is 12.0. The van der Waals surface area contributed by atoms with Crippen LogP contribution in [-0.4, -0.2) is 16.7 Å². The first kappa shape index (κ1) is 14.7. The number of hydrogen-bond acceptors (Lipinski definition) is 3. The van der Waals surface area contributed by atoms with E-state index >= 15 is 0 Å². The van der Waals surface area contributed by atoms with Gasteiger partial charge < -0.3 is 5.32 Å². The standard InChI is InChI=1S/C16H22N2O2/c1-2-7-14(19)18-16-13(10-6-11-17-16)15(20)12-8-4-3-5-9-12/h6,10-12H,2-5,7-9H2,1H3,(H,17,18,19). The Hall–Kier alpha value is -1.71. The highest BCUT2D eigenvalue weighted by Crippen LogP contribution is 2.28. The number of hydrogen-bond donors (Lipinski definition) is 1. The molecule has 1 aromatic rings. The van der Waals surface area contributed by atoms with Crippen LogP contribution in [0.25, 0.3) is 0 Å². The minimum atomic E-state index is -0.0797. The van der Waals surface area contributed by atoms with E-state index < -0.39 is 0 Å². The first-order valence-electron chi connectivity index (χ1n) is 7.51. The minimum absolute atomic E-state index is 0.0797. The summed E-state index contributed by atoms with van der Waals surface area (Å²) in [6.45, 7) is 1.95. The fraction of sp³-hybridized carbons (Fsp3) is 0.562. The smallest absolute Gasteiger partial charge is 0.225 e. The van der Waals surface area contributed by atoms with Gasteiger partial charge in [-0.05, 0) is 31.4 Å². The monoisotopic (exact) mass is 274 g/mol. The van der Waals surface area contributed by atoms with Crippen molar-refractivity contribution in [3.05, 3.63) is 23.9 Å². The molecule has 0 aliphatic heterocycles. The lowest BCUT2D eigenvalue weighted by atomic mass is 9.84. The van der Waals surface area contributed by atoms with Crippen LogP contribution in [0.3, 0.4) is 0 Å². The highest BCUT2D eigenvalue weighted by molar-refractivity contribution is 6.04. The molecule has 1 heterocycles. The highest BCUT2D eigenvalue weighted by atomic mass is 16.1. The summed E-state index contributed by atoms with van der Waals surface area (Å²) in [6.07, 6.45) is 8.21. The van der Waals surface area contributed by atoms with Crippen LogP contribution in [-0.2, 0) is 4.79 Å². The third-order valence-electron chi connectivity index (χ3n) is 3.78. The lowest BCUT2D eigenvalue weighted by Crippen LogP contribution is -2.21. The number of Topliss-reactive ketones (excluding diaryl/α,β-unsaturated/α-hetero) is 1. The topological polar surface area (TPSA) is 59.1 Å². The van der Waals surface area contributed by atoms with Crippen molar-refractivity contribution >= 4 is 17.5 Å². The maximum Gasteiger partial charge on any atom is 0.225 e. The van der Waals surface area contributed by atoms with Crippen molar-refractivity contribution in [2.75, 3.05) is 5.32 Å². The summed E-state index contributed by atoms with van der Waals surface area (Å²) in [5, 5.41) is 2.76. The van der Waals surface area contributed by atoms with E-state index in [9.17, 15) is 9.59 Å². The van der Waals surface area contributed by atoms with Crippen molar-refractivity contribution in [3.8, 4) is 0 Å². The van der Waals surface area contributed by atoms with Gasteiger partial charge in [-0.1, -0.05) is 26.2 Å². The Morgan fingerprint density at radius 2 is 2.05 bits per heavy atom. The molecule has 1 saturated carbocycles. The van der Waals surface area contributed by atoms with E-state index in [1.807, 2.05) is 6.92 Å². The first-order chi connectivity index (χ1) is 9.72. The molecule has 1 amide bonds. The van der Waals surface area contributed by atoms with Crippen LogP contribution in [0, 0.1) is 5.92 Å². The molecule has 0 saturated heterocycles. The van der Waals surface area contributed by atoms with Crippen molar-refractivity contribution in [2.24, 2.45) is 5.92 Å². The summed E-state index contributed by atoms with van der Waals surface area (Å²) in [5.74, 6) is 0.560. The average molecular weight is 274 g/mol. The maximum atomic E-state index is 12.6. The SMILES string of the molecule is CCCC(=O)Nc1ncccc1C(=O)C1CCCCC1. The molecule has 0 radical (unpaired) electrons. The van der Waals surface area contributed by atoms with Gasteiger partial charge in [-0.25, -0.2) is 4.98 Å². The van der Waals surface area contributed by atoms with E-state index in [2.05, 4.69) is 10.3 Å². The molecule has 1 N–H and O–H groups in total. The second-order valence-electron chi connectivity index (χ2n) is 5.40. The molecule has 0 atom stereocenters. The first-order valence-corrected chi connectivity index (χ1v) is 7.51. The predicted octanol–water partition coefficient (Wildman–Crippen LogP) is 3.58. The number of ketones is 1. The fourth-order valence-electron chi connectivity index (χ4n) is 2.71. The van der Waals surface area contributed by atoms with Gasteiger partial charge in [-0.2, -0.15) is 0 Å². The zero-order valence-corrected chi connectivity index (χ0v) is 12.0. The number of carbonyl (C=O) groups excluding carboxylic acids is 2. The number of rotatable bonds is 5. The third-order valence-corrected chi connectivity index (χ3v) is 3.78. The van der Waals surface area contributed by atoms with Crippen LogP contribution < -0.4 is 5.32 Å². The number of carbonyl (C=O) groups is 2. The number of nitrogens with one attached hydrogen (secondary N) is 1. The normalized spacial score (nSPS) is 15.8. The lowest BCUT2D eigenvalue weighted by Gasteiger charge is -2.21. The molecule has 1 aliphatic carbocycles. The van der Waals surface area contributed by atoms with Crippen LogP contribution in [0.1, 0.15) is 62.2 Å². The van der Waals surface area contributed by atoms with E-state index in [1.165, 1.54) is 6.42 Å². The number of pyridine rings is 1. The van der Waals surface area contributed by atoms with Crippen LogP contribution in [0.2, 0.25) is 0 Å². The van der Waals surface area contributed by atoms with Gasteiger partial charge in [0.15, 0.2) is 5.78 Å². The summed E-state index contributed by atoms with van der Waals surface area (Å²) in [6, 6.07) is 3.52. The number of nitrogens with zero attached hydrogens (tertiary/aromatic N) is 1. The molecule has 108 valence electrons. The van der Waals surface area contributed by atoms with Gasteiger partial charge in [0.2, 0.25) is 5.91 Å². The summed E-state index contributed by atoms with van der Waals surface area (Å²) in [5.41, 5.74) is 0.559. The molecule has 1 fully saturated rings. The van der Waals surface area contributed by atoms with E-state index in [0.717, 1.165) is 32.1 Å². The van der Waals surface area contributed by atoms with Crippen molar-refractivity contribution in [2.45, 2.75) is 51.9 Å². The Morgan fingerprint density at radius 1 is 1.30 bits per heavy atom. The predicted molar refractivity (Wildman–Crippen MR) is 78.7 cm³/mol. The molecule has 0 bridgehead atoms. The lowest BCUT2D eigenvalue weighted by molar-refractivity contribution is -0.116. The molecule has 2 rings (SSSR count). The van der Waals surface area contributed by atoms with Gasteiger partial charge >= 0.3 is 0 Å². The number of anilines is 1. The maximum absolute atomic E-state index is 12.6. The van der Waals surface area contributed by atoms with Crippen molar-refractivity contribution < 1.29 is 9.59 Å². The van der Waals surface area contributed by atoms with Crippen LogP contribution in [0.5, 0.6) is 0 Å². The largest absolute Gasteiger partial charge is 0.310 e. The molecule has 0 aromatic carbocycles. The Kier molecular flexibility index (Phi) is 5.27. The second-order valence-corrected chi connectivity index (χ2v) is 5.40. The molecule has 4 heteroatoms. The molecule has 1 aliphatic rings. The Balaban J connectivity index is 2.14. The van der Waals surface area contributed by atoms with Crippen molar-refractivity contribution in [3.63, 3.8) is 0 Å². The van der Waals surface area contributed by atoms with Crippen molar-refractivity contribution in [1.82, 2.24) is 4.98 Å². The summed E-state index contributed by atoms with van der Waals surface area (Å²) >= 11 is 0. The van der Waals surface area contributed by atoms with Gasteiger partial charge in [0.05, 0.1) is 5.56 Å². The van der Waals surface area contributed by atoms with E-state index in [4.69, 9.17) is 0 Å². The second kappa shape index (κ2) is 7.17. The Morgan fingerprint density at radius 3 is 2.75 bits per heavy atom. The molecular weight excluding hydrogens is 252 g/mol. The summed E-state index contributed by atoms with van der Waals surface area (Å²) in [4.78, 5) is 28.4. The minimum Gasteiger partial charge on any atom is -0.310 e. The van der Waals surface area contributed by atoms with E-state index in [1.54, 1.807) is 18.3 Å². The Bertz CT molecular complexity index is 479. The molecule has 1 aromatic heterocycles. The molecular formula is C16H22N2O2. The third kappa shape index (κ3) is 3.65. The van der Waals surface area contributed by atoms with Gasteiger partial charge in [0.1, 0.15) is 5.82 Å². The molecule has 0 spiro atoms. The van der Waals surface area contributed by atoms with Crippen LogP contribution >= 0.6 is 0 Å². The summed E-state index contributed by atoms with van der Waals surface area (Å²) < 4.78 is 0. The van der Waals surface area contributed by atoms with Crippen molar-refractivity contribution in [1.29, 1.82) is 0 Å². The van der Waals surface area contributed by atoms with E-state index in [-0.39, 0.29) is 17.6 Å². The zero-order chi connectivity index (χ0) is 14.4. The number of aromatic nitrogens is 1.